The Morgan fingerprint density at radius 1 is 1.14 bits per heavy atom. The highest BCUT2D eigenvalue weighted by Crippen LogP contribution is 2.42. The zero-order valence-corrected chi connectivity index (χ0v) is 15.8. The average Bonchev–Trinajstić information content (AvgIpc) is 2.97. The van der Waals surface area contributed by atoms with Gasteiger partial charge in [0.2, 0.25) is 0 Å². The molecule has 1 aromatic rings. The summed E-state index contributed by atoms with van der Waals surface area (Å²) in [4.78, 5) is 2.59. The van der Waals surface area contributed by atoms with Crippen molar-refractivity contribution in [2.24, 2.45) is 5.92 Å². The zero-order valence-electron chi connectivity index (χ0n) is 12.6. The molecule has 0 spiro atoms. The van der Waals surface area contributed by atoms with Gasteiger partial charge in [-0.15, -0.1) is 24.8 Å². The molecule has 1 aliphatic carbocycles. The molecule has 2 aliphatic rings. The van der Waals surface area contributed by atoms with Crippen molar-refractivity contribution in [1.82, 2.24) is 10.2 Å². The number of nitrogens with zero attached hydrogens (tertiary/aromatic N) is 1. The zero-order chi connectivity index (χ0) is 13.9. The van der Waals surface area contributed by atoms with Gasteiger partial charge < -0.3 is 5.32 Å². The highest BCUT2D eigenvalue weighted by Gasteiger charge is 2.32. The third-order valence-corrected chi connectivity index (χ3v) is 5.36. The molecule has 1 saturated carbocycles. The van der Waals surface area contributed by atoms with E-state index < -0.39 is 0 Å². The number of nitrogens with one attached hydrogen (secondary N) is 1. The molecule has 22 heavy (non-hydrogen) atoms. The third kappa shape index (κ3) is 4.57. The second-order valence-corrected chi connectivity index (χ2v) is 6.80. The standard InChI is InChI=1S/C16H22BrFN2.2ClH/c17-15-11-13(18)5-6-14(15)16(12-3-1-2-4-12)20-9-7-19-8-10-20;;/h5-6,11-12,16,19H,1-4,7-10H2;2*1H/t16-;;/m1../s1. The lowest BCUT2D eigenvalue weighted by Crippen LogP contribution is -2.46. The van der Waals surface area contributed by atoms with Crippen molar-refractivity contribution >= 4 is 40.7 Å². The fraction of sp³-hybridized carbons (Fsp3) is 0.625. The quantitative estimate of drug-likeness (QED) is 0.780. The minimum absolute atomic E-state index is 0. The van der Waals surface area contributed by atoms with E-state index in [9.17, 15) is 4.39 Å². The molecule has 2 fully saturated rings. The van der Waals surface area contributed by atoms with E-state index in [1.165, 1.54) is 31.2 Å². The Morgan fingerprint density at radius 2 is 1.77 bits per heavy atom. The highest BCUT2D eigenvalue weighted by molar-refractivity contribution is 9.10. The lowest BCUT2D eigenvalue weighted by molar-refractivity contribution is 0.125. The number of rotatable bonds is 3. The van der Waals surface area contributed by atoms with E-state index in [1.807, 2.05) is 6.07 Å². The van der Waals surface area contributed by atoms with Crippen LogP contribution in [0.3, 0.4) is 0 Å². The fourth-order valence-electron chi connectivity index (χ4n) is 3.72. The van der Waals surface area contributed by atoms with E-state index in [0.29, 0.717) is 6.04 Å². The molecule has 0 aromatic heterocycles. The van der Waals surface area contributed by atoms with Gasteiger partial charge in [0.15, 0.2) is 0 Å². The summed E-state index contributed by atoms with van der Waals surface area (Å²) in [5, 5.41) is 3.42. The first-order valence-corrected chi connectivity index (χ1v) is 8.45. The summed E-state index contributed by atoms with van der Waals surface area (Å²) in [6.45, 7) is 4.29. The van der Waals surface area contributed by atoms with Crippen LogP contribution < -0.4 is 5.32 Å². The lowest BCUT2D eigenvalue weighted by atomic mass is 9.89. The summed E-state index contributed by atoms with van der Waals surface area (Å²) in [6.07, 6.45) is 5.29. The molecule has 1 heterocycles. The summed E-state index contributed by atoms with van der Waals surface area (Å²) in [5.41, 5.74) is 1.26. The Labute approximate surface area is 153 Å². The van der Waals surface area contributed by atoms with Crippen LogP contribution in [0.1, 0.15) is 37.3 Å². The van der Waals surface area contributed by atoms with Crippen molar-refractivity contribution in [3.63, 3.8) is 0 Å². The van der Waals surface area contributed by atoms with E-state index in [-0.39, 0.29) is 30.6 Å². The van der Waals surface area contributed by atoms with Crippen molar-refractivity contribution < 1.29 is 4.39 Å². The monoisotopic (exact) mass is 412 g/mol. The second-order valence-electron chi connectivity index (χ2n) is 5.94. The van der Waals surface area contributed by atoms with Gasteiger partial charge in [0.1, 0.15) is 5.82 Å². The van der Waals surface area contributed by atoms with Gasteiger partial charge in [-0.2, -0.15) is 0 Å². The van der Waals surface area contributed by atoms with Gasteiger partial charge in [0.05, 0.1) is 0 Å². The first kappa shape index (κ1) is 20.2. The SMILES string of the molecule is Cl.Cl.Fc1ccc([C@@H](C2CCCC2)N2CCNCC2)c(Br)c1. The first-order valence-electron chi connectivity index (χ1n) is 7.65. The maximum atomic E-state index is 13.4. The highest BCUT2D eigenvalue weighted by atomic mass is 79.9. The molecule has 1 saturated heterocycles. The molecule has 6 heteroatoms. The number of piperazine rings is 1. The van der Waals surface area contributed by atoms with Crippen molar-refractivity contribution in [3.8, 4) is 0 Å². The number of hydrogen-bond acceptors (Lipinski definition) is 2. The fourth-order valence-corrected chi connectivity index (χ4v) is 4.31. The molecule has 1 atom stereocenters. The van der Waals surface area contributed by atoms with Crippen LogP contribution in [0.2, 0.25) is 0 Å². The van der Waals surface area contributed by atoms with Crippen molar-refractivity contribution in [3.05, 3.63) is 34.1 Å². The van der Waals surface area contributed by atoms with Gasteiger partial charge in [0.25, 0.3) is 0 Å². The average molecular weight is 414 g/mol. The minimum Gasteiger partial charge on any atom is -0.314 e. The molecule has 1 N–H and O–H groups in total. The molecule has 0 radical (unpaired) electrons. The van der Waals surface area contributed by atoms with Crippen LogP contribution in [0, 0.1) is 11.7 Å². The van der Waals surface area contributed by atoms with Gasteiger partial charge in [0, 0.05) is 36.7 Å². The normalized spacial score (nSPS) is 21.0. The van der Waals surface area contributed by atoms with E-state index in [2.05, 4.69) is 26.1 Å². The summed E-state index contributed by atoms with van der Waals surface area (Å²) < 4.78 is 14.3. The molecule has 2 nitrogen and oxygen atoms in total. The summed E-state index contributed by atoms with van der Waals surface area (Å²) in [5.74, 6) is 0.556. The van der Waals surface area contributed by atoms with Crippen LogP contribution in [0.25, 0.3) is 0 Å². The Balaban J connectivity index is 0.00000121. The molecule has 0 amide bonds. The topological polar surface area (TPSA) is 15.3 Å². The second kappa shape index (κ2) is 9.43. The minimum atomic E-state index is -0.161. The summed E-state index contributed by atoms with van der Waals surface area (Å²) in [6, 6.07) is 5.63. The van der Waals surface area contributed by atoms with Gasteiger partial charge in [-0.1, -0.05) is 34.8 Å². The molecule has 1 aliphatic heterocycles. The van der Waals surface area contributed by atoms with Crippen molar-refractivity contribution in [2.75, 3.05) is 26.2 Å². The maximum absolute atomic E-state index is 13.4. The van der Waals surface area contributed by atoms with Crippen LogP contribution in [0.5, 0.6) is 0 Å². The maximum Gasteiger partial charge on any atom is 0.124 e. The molecule has 1 aromatic carbocycles. The number of benzene rings is 1. The molecule has 126 valence electrons. The van der Waals surface area contributed by atoms with Crippen LogP contribution in [0.15, 0.2) is 22.7 Å². The lowest BCUT2D eigenvalue weighted by Gasteiger charge is -2.39. The summed E-state index contributed by atoms with van der Waals surface area (Å²) in [7, 11) is 0. The molecule has 0 bridgehead atoms. The first-order chi connectivity index (χ1) is 9.75. The Morgan fingerprint density at radius 3 is 2.36 bits per heavy atom. The van der Waals surface area contributed by atoms with Crippen LogP contribution in [-0.4, -0.2) is 31.1 Å². The Kier molecular flexibility index (Phi) is 8.65. The predicted molar refractivity (Wildman–Crippen MR) is 97.7 cm³/mol. The van der Waals surface area contributed by atoms with Crippen molar-refractivity contribution in [1.29, 1.82) is 0 Å². The van der Waals surface area contributed by atoms with Gasteiger partial charge in [-0.25, -0.2) is 4.39 Å². The molecule has 3 rings (SSSR count). The smallest absolute Gasteiger partial charge is 0.124 e. The number of hydrogen-bond donors (Lipinski definition) is 1. The van der Waals surface area contributed by atoms with Crippen LogP contribution in [-0.2, 0) is 0 Å². The largest absolute Gasteiger partial charge is 0.314 e. The van der Waals surface area contributed by atoms with Crippen molar-refractivity contribution in [2.45, 2.75) is 31.7 Å². The van der Waals surface area contributed by atoms with E-state index in [4.69, 9.17) is 0 Å². The number of halogens is 4. The Hall–Kier alpha value is 0.130. The van der Waals surface area contributed by atoms with Crippen LogP contribution in [0.4, 0.5) is 4.39 Å². The molecular formula is C16H24BrCl2FN2. The van der Waals surface area contributed by atoms with Gasteiger partial charge in [-0.05, 0) is 36.5 Å². The van der Waals surface area contributed by atoms with E-state index in [0.717, 1.165) is 36.6 Å². The summed E-state index contributed by atoms with van der Waals surface area (Å²) >= 11 is 3.58. The van der Waals surface area contributed by atoms with Gasteiger partial charge in [-0.3, -0.25) is 4.90 Å². The van der Waals surface area contributed by atoms with Crippen LogP contribution >= 0.6 is 40.7 Å². The van der Waals surface area contributed by atoms with E-state index >= 15 is 0 Å². The third-order valence-electron chi connectivity index (χ3n) is 4.67. The van der Waals surface area contributed by atoms with E-state index in [1.54, 1.807) is 12.1 Å². The molecule has 0 unspecified atom stereocenters. The van der Waals surface area contributed by atoms with Gasteiger partial charge >= 0.3 is 0 Å². The molecular weight excluding hydrogens is 390 g/mol. The Bertz CT molecular complexity index is 463. The predicted octanol–water partition coefficient (Wildman–Crippen LogP) is 4.57.